The number of hydrogen-bond acceptors (Lipinski definition) is 7. The summed E-state index contributed by atoms with van der Waals surface area (Å²) in [5.41, 5.74) is 1.08. The van der Waals surface area contributed by atoms with Gasteiger partial charge in [-0.2, -0.15) is 0 Å². The highest BCUT2D eigenvalue weighted by molar-refractivity contribution is 7.89. The minimum atomic E-state index is -3.81. The van der Waals surface area contributed by atoms with Crippen LogP contribution in [-0.4, -0.2) is 50.0 Å². The van der Waals surface area contributed by atoms with E-state index in [1.165, 1.54) is 39.4 Å². The Bertz CT molecular complexity index is 1210. The number of aromatic nitrogens is 2. The Kier molecular flexibility index (Phi) is 5.52. The van der Waals surface area contributed by atoms with Gasteiger partial charge in [-0.25, -0.2) is 17.5 Å². The lowest BCUT2D eigenvalue weighted by Gasteiger charge is -2.15. The lowest BCUT2D eigenvalue weighted by molar-refractivity contribution is 0.102. The second kappa shape index (κ2) is 7.89. The number of anilines is 1. The van der Waals surface area contributed by atoms with Crippen molar-refractivity contribution in [3.63, 3.8) is 0 Å². The van der Waals surface area contributed by atoms with E-state index >= 15 is 0 Å². The van der Waals surface area contributed by atoms with Crippen LogP contribution in [0, 0.1) is 0 Å². The molecule has 0 aliphatic rings. The van der Waals surface area contributed by atoms with Gasteiger partial charge in [0.1, 0.15) is 10.6 Å². The van der Waals surface area contributed by atoms with Gasteiger partial charge >= 0.3 is 5.76 Å². The summed E-state index contributed by atoms with van der Waals surface area (Å²) < 4.78 is 35.7. The van der Waals surface area contributed by atoms with E-state index in [2.05, 4.69) is 20.0 Å². The number of hydrogen-bond donors (Lipinski definition) is 2. The van der Waals surface area contributed by atoms with E-state index in [4.69, 9.17) is 4.74 Å². The van der Waals surface area contributed by atoms with E-state index in [-0.39, 0.29) is 22.0 Å². The summed E-state index contributed by atoms with van der Waals surface area (Å²) in [5, 5.41) is 6.28. The summed E-state index contributed by atoms with van der Waals surface area (Å²) in [6.45, 7) is 0. The van der Waals surface area contributed by atoms with E-state index in [9.17, 15) is 18.0 Å². The summed E-state index contributed by atoms with van der Waals surface area (Å²) in [6, 6.07) is 10.7. The first-order valence-electron chi connectivity index (χ1n) is 8.30. The van der Waals surface area contributed by atoms with Crippen molar-refractivity contribution in [1.82, 2.24) is 14.4 Å². The van der Waals surface area contributed by atoms with E-state index in [0.717, 1.165) is 4.31 Å². The van der Waals surface area contributed by atoms with Crippen LogP contribution in [0.5, 0.6) is 5.75 Å². The number of benzene rings is 2. The molecular weight excluding hydrogens is 400 g/mol. The molecule has 2 aromatic carbocycles. The van der Waals surface area contributed by atoms with Gasteiger partial charge < -0.3 is 10.1 Å². The van der Waals surface area contributed by atoms with Crippen LogP contribution < -0.4 is 15.8 Å². The lowest BCUT2D eigenvalue weighted by Crippen LogP contribution is -2.23. The van der Waals surface area contributed by atoms with Crippen molar-refractivity contribution in [3.8, 4) is 17.1 Å². The molecule has 3 aromatic rings. The van der Waals surface area contributed by atoms with Gasteiger partial charge in [-0.15, -0.1) is 0 Å². The van der Waals surface area contributed by atoms with E-state index in [1.54, 1.807) is 24.3 Å². The maximum atomic E-state index is 12.7. The molecule has 1 heterocycles. The molecule has 0 saturated heterocycles. The van der Waals surface area contributed by atoms with Gasteiger partial charge in [0.15, 0.2) is 5.82 Å². The quantitative estimate of drug-likeness (QED) is 0.620. The molecular formula is C18H18N4O6S. The summed E-state index contributed by atoms with van der Waals surface area (Å²) in [5.74, 6) is -0.863. The number of rotatable bonds is 6. The Labute approximate surface area is 166 Å². The fraction of sp³-hybridized carbons (Fsp3) is 0.167. The normalized spacial score (nSPS) is 11.4. The second-order valence-electron chi connectivity index (χ2n) is 6.13. The van der Waals surface area contributed by atoms with Gasteiger partial charge in [0.2, 0.25) is 10.0 Å². The van der Waals surface area contributed by atoms with Crippen LogP contribution in [0.3, 0.4) is 0 Å². The number of methoxy groups -OCH3 is 1. The average Bonchev–Trinajstić information content (AvgIpc) is 3.14. The molecule has 0 spiro atoms. The number of aromatic amines is 1. The third kappa shape index (κ3) is 4.20. The smallest absolute Gasteiger partial charge is 0.439 e. The summed E-state index contributed by atoms with van der Waals surface area (Å²) in [6.07, 6.45) is 0. The van der Waals surface area contributed by atoms with Crippen LogP contribution >= 0.6 is 0 Å². The fourth-order valence-corrected chi connectivity index (χ4v) is 3.59. The van der Waals surface area contributed by atoms with Crippen LogP contribution in [0.4, 0.5) is 5.69 Å². The van der Waals surface area contributed by atoms with Crippen molar-refractivity contribution in [2.24, 2.45) is 0 Å². The third-order valence-corrected chi connectivity index (χ3v) is 5.85. The van der Waals surface area contributed by atoms with Crippen LogP contribution in [0.1, 0.15) is 10.4 Å². The number of H-pyrrole nitrogens is 1. The Hall–Kier alpha value is -3.44. The van der Waals surface area contributed by atoms with Gasteiger partial charge in [-0.3, -0.25) is 14.3 Å². The third-order valence-electron chi connectivity index (χ3n) is 4.02. The predicted octanol–water partition coefficient (Wildman–Crippen LogP) is 1.54. The zero-order chi connectivity index (χ0) is 21.2. The van der Waals surface area contributed by atoms with Gasteiger partial charge in [0, 0.05) is 30.9 Å². The summed E-state index contributed by atoms with van der Waals surface area (Å²) >= 11 is 0. The molecule has 0 bridgehead atoms. The molecule has 3 rings (SSSR count). The minimum Gasteiger partial charge on any atom is -0.495 e. The first kappa shape index (κ1) is 20.3. The van der Waals surface area contributed by atoms with Crippen molar-refractivity contribution in [2.45, 2.75) is 4.90 Å². The predicted molar refractivity (Wildman–Crippen MR) is 104 cm³/mol. The van der Waals surface area contributed by atoms with Gasteiger partial charge in [-0.05, 0) is 30.3 Å². The van der Waals surface area contributed by atoms with Crippen molar-refractivity contribution in [1.29, 1.82) is 0 Å². The highest BCUT2D eigenvalue weighted by atomic mass is 32.2. The number of carbonyl (C=O) groups is 1. The van der Waals surface area contributed by atoms with Crippen LogP contribution in [0.15, 0.2) is 56.7 Å². The van der Waals surface area contributed by atoms with Gasteiger partial charge in [0.05, 0.1) is 7.11 Å². The molecule has 0 aliphatic heterocycles. The van der Waals surface area contributed by atoms with E-state index < -0.39 is 21.7 Å². The highest BCUT2D eigenvalue weighted by Crippen LogP contribution is 2.27. The van der Waals surface area contributed by atoms with Gasteiger partial charge in [0.25, 0.3) is 5.91 Å². The summed E-state index contributed by atoms with van der Waals surface area (Å²) in [4.78, 5) is 26.1. The summed E-state index contributed by atoms with van der Waals surface area (Å²) in [7, 11) is 0.318. The van der Waals surface area contributed by atoms with Crippen molar-refractivity contribution < 1.29 is 22.5 Å². The maximum absolute atomic E-state index is 12.7. The number of nitrogens with one attached hydrogen (secondary N) is 2. The number of nitrogens with zero attached hydrogens (tertiary/aromatic N) is 2. The van der Waals surface area contributed by atoms with E-state index in [1.807, 2.05) is 0 Å². The molecule has 0 radical (unpaired) electrons. The van der Waals surface area contributed by atoms with Crippen LogP contribution in [-0.2, 0) is 10.0 Å². The minimum absolute atomic E-state index is 0.119. The maximum Gasteiger partial charge on any atom is 0.439 e. The first-order chi connectivity index (χ1) is 13.7. The zero-order valence-electron chi connectivity index (χ0n) is 15.8. The first-order valence-corrected chi connectivity index (χ1v) is 9.74. The topological polar surface area (TPSA) is 135 Å². The molecule has 0 saturated carbocycles. The van der Waals surface area contributed by atoms with Crippen molar-refractivity contribution >= 4 is 21.6 Å². The number of sulfonamides is 1. The van der Waals surface area contributed by atoms with E-state index in [0.29, 0.717) is 11.3 Å². The fourth-order valence-electron chi connectivity index (χ4n) is 2.52. The molecule has 1 aromatic heterocycles. The molecule has 0 unspecified atom stereocenters. The monoisotopic (exact) mass is 418 g/mol. The number of ether oxygens (including phenoxy) is 1. The molecule has 1 amide bonds. The molecule has 0 atom stereocenters. The van der Waals surface area contributed by atoms with Crippen molar-refractivity contribution in [2.75, 3.05) is 26.5 Å². The van der Waals surface area contributed by atoms with Crippen LogP contribution in [0.25, 0.3) is 11.4 Å². The molecule has 0 fully saturated rings. The Morgan fingerprint density at radius 1 is 1.21 bits per heavy atom. The molecule has 0 aliphatic carbocycles. The highest BCUT2D eigenvalue weighted by Gasteiger charge is 2.24. The number of carbonyl (C=O) groups excluding carboxylic acids is 1. The molecule has 152 valence electrons. The van der Waals surface area contributed by atoms with Crippen LogP contribution in [0.2, 0.25) is 0 Å². The molecule has 2 N–H and O–H groups in total. The standard InChI is InChI=1S/C18H18N4O6S/c1-22(2)29(25,26)15-10-12(7-8-14(15)27-3)17(23)19-13-6-4-5-11(9-13)16-20-18(24)28-21-16/h4-10H,1-3H3,(H,19,23)(H,20,21,24). The van der Waals surface area contributed by atoms with Crippen molar-refractivity contribution in [3.05, 3.63) is 58.6 Å². The zero-order valence-corrected chi connectivity index (χ0v) is 16.6. The molecule has 10 nitrogen and oxygen atoms in total. The Balaban J connectivity index is 1.91. The molecule has 29 heavy (non-hydrogen) atoms. The Morgan fingerprint density at radius 2 is 1.97 bits per heavy atom. The van der Waals surface area contributed by atoms with Gasteiger partial charge in [-0.1, -0.05) is 17.3 Å². The lowest BCUT2D eigenvalue weighted by atomic mass is 10.1. The Morgan fingerprint density at radius 3 is 2.59 bits per heavy atom. The number of amides is 1. The second-order valence-corrected chi connectivity index (χ2v) is 8.25. The average molecular weight is 418 g/mol. The SMILES string of the molecule is COc1ccc(C(=O)Nc2cccc(-c3noc(=O)[nH]3)c2)cc1S(=O)(=O)N(C)C. The molecule has 11 heteroatoms. The largest absolute Gasteiger partial charge is 0.495 e.